The van der Waals surface area contributed by atoms with Gasteiger partial charge in [0.15, 0.2) is 6.61 Å². The van der Waals surface area contributed by atoms with E-state index in [-0.39, 0.29) is 5.92 Å². The molecule has 6 heteroatoms. The molecule has 0 aliphatic carbocycles. The lowest BCUT2D eigenvalue weighted by molar-refractivity contribution is -0.119. The Labute approximate surface area is 144 Å². The number of anilines is 1. The molecule has 0 heterocycles. The van der Waals surface area contributed by atoms with E-state index in [9.17, 15) is 18.4 Å². The molecule has 0 unspecified atom stereocenters. The summed E-state index contributed by atoms with van der Waals surface area (Å²) in [6, 6.07) is 8.67. The van der Waals surface area contributed by atoms with Gasteiger partial charge in [0, 0.05) is 5.69 Å². The van der Waals surface area contributed by atoms with E-state index >= 15 is 0 Å². The average molecular weight is 347 g/mol. The van der Waals surface area contributed by atoms with Gasteiger partial charge in [-0.3, -0.25) is 4.79 Å². The van der Waals surface area contributed by atoms with Crippen LogP contribution < -0.4 is 5.32 Å². The highest BCUT2D eigenvalue weighted by Gasteiger charge is 2.20. The van der Waals surface area contributed by atoms with Crippen molar-refractivity contribution in [1.82, 2.24) is 0 Å². The second-order valence-corrected chi connectivity index (χ2v) is 5.91. The van der Waals surface area contributed by atoms with E-state index in [4.69, 9.17) is 4.74 Å². The number of para-hydroxylation sites is 1. The summed E-state index contributed by atoms with van der Waals surface area (Å²) in [6.45, 7) is 5.19. The van der Waals surface area contributed by atoms with Crippen molar-refractivity contribution in [2.75, 3.05) is 11.9 Å². The molecule has 2 aromatic rings. The van der Waals surface area contributed by atoms with E-state index < -0.39 is 35.7 Å². The second kappa shape index (κ2) is 7.88. The second-order valence-electron chi connectivity index (χ2n) is 5.91. The molecule has 1 N–H and O–H groups in total. The van der Waals surface area contributed by atoms with Crippen molar-refractivity contribution in [3.05, 3.63) is 64.7 Å². The van der Waals surface area contributed by atoms with Crippen LogP contribution in [0.15, 0.2) is 36.4 Å². The highest BCUT2D eigenvalue weighted by Crippen LogP contribution is 2.27. The summed E-state index contributed by atoms with van der Waals surface area (Å²) in [6.07, 6.45) is 0. The van der Waals surface area contributed by atoms with Crippen LogP contribution in [0.2, 0.25) is 0 Å². The van der Waals surface area contributed by atoms with E-state index in [1.54, 1.807) is 0 Å². The van der Waals surface area contributed by atoms with E-state index in [1.807, 2.05) is 39.0 Å². The Hall–Kier alpha value is -2.76. The monoisotopic (exact) mass is 347 g/mol. The summed E-state index contributed by atoms with van der Waals surface area (Å²) in [5.41, 5.74) is 1.65. The highest BCUT2D eigenvalue weighted by molar-refractivity contribution is 5.96. The summed E-state index contributed by atoms with van der Waals surface area (Å²) in [7, 11) is 0. The van der Waals surface area contributed by atoms with Gasteiger partial charge in [0.05, 0.1) is 0 Å². The maximum absolute atomic E-state index is 13.5. The Morgan fingerprint density at radius 2 is 1.68 bits per heavy atom. The molecule has 0 atom stereocenters. The molecule has 0 aliphatic heterocycles. The first-order valence-corrected chi connectivity index (χ1v) is 7.81. The van der Waals surface area contributed by atoms with Crippen molar-refractivity contribution in [2.45, 2.75) is 26.7 Å². The van der Waals surface area contributed by atoms with Crippen LogP contribution in [0, 0.1) is 18.6 Å². The van der Waals surface area contributed by atoms with Crippen LogP contribution >= 0.6 is 0 Å². The molecule has 0 fully saturated rings. The minimum atomic E-state index is -1.22. The van der Waals surface area contributed by atoms with Crippen LogP contribution in [0.25, 0.3) is 0 Å². The smallest absolute Gasteiger partial charge is 0.344 e. The molecular formula is C19H19F2NO3. The van der Waals surface area contributed by atoms with Crippen molar-refractivity contribution >= 4 is 17.6 Å². The van der Waals surface area contributed by atoms with Gasteiger partial charge in [0.1, 0.15) is 17.2 Å². The summed E-state index contributed by atoms with van der Waals surface area (Å²) < 4.78 is 31.8. The molecule has 1 amide bonds. The Kier molecular flexibility index (Phi) is 5.85. The summed E-state index contributed by atoms with van der Waals surface area (Å²) in [5.74, 6) is -3.69. The number of aryl methyl sites for hydroxylation is 1. The number of ether oxygens (including phenoxy) is 1. The van der Waals surface area contributed by atoms with Gasteiger partial charge < -0.3 is 10.1 Å². The van der Waals surface area contributed by atoms with Gasteiger partial charge in [-0.25, -0.2) is 13.6 Å². The molecular weight excluding hydrogens is 328 g/mol. The zero-order valence-electron chi connectivity index (χ0n) is 14.2. The summed E-state index contributed by atoms with van der Waals surface area (Å²) in [4.78, 5) is 23.9. The molecule has 0 saturated carbocycles. The van der Waals surface area contributed by atoms with Crippen LogP contribution in [-0.2, 0) is 9.53 Å². The number of benzene rings is 2. The molecule has 2 aromatic carbocycles. The van der Waals surface area contributed by atoms with Gasteiger partial charge in [-0.2, -0.15) is 0 Å². The Balaban J connectivity index is 2.06. The number of halogens is 2. The zero-order chi connectivity index (χ0) is 18.6. The first-order chi connectivity index (χ1) is 11.8. The molecule has 0 aliphatic rings. The minimum Gasteiger partial charge on any atom is -0.452 e. The molecule has 132 valence electrons. The quantitative estimate of drug-likeness (QED) is 0.825. The lowest BCUT2D eigenvalue weighted by atomic mass is 9.98. The predicted octanol–water partition coefficient (Wildman–Crippen LogP) is 4.19. The standard InChI is InChI=1S/C19H19F2NO3/c1-11(2)13-7-4-6-12(3)18(13)22-16(23)10-25-19(24)17-14(20)8-5-9-15(17)21/h4-9,11H,10H2,1-3H3,(H,22,23). The van der Waals surface area contributed by atoms with E-state index in [0.29, 0.717) is 5.69 Å². The first-order valence-electron chi connectivity index (χ1n) is 7.81. The van der Waals surface area contributed by atoms with Crippen molar-refractivity contribution in [1.29, 1.82) is 0 Å². The fraction of sp³-hybridized carbons (Fsp3) is 0.263. The van der Waals surface area contributed by atoms with Gasteiger partial charge in [0.25, 0.3) is 5.91 Å². The lowest BCUT2D eigenvalue weighted by Gasteiger charge is -2.16. The largest absolute Gasteiger partial charge is 0.452 e. The Bertz CT molecular complexity index is 783. The van der Waals surface area contributed by atoms with E-state index in [2.05, 4.69) is 5.32 Å². The van der Waals surface area contributed by atoms with Crippen molar-refractivity contribution in [3.8, 4) is 0 Å². The first kappa shape index (κ1) is 18.6. The van der Waals surface area contributed by atoms with Gasteiger partial charge >= 0.3 is 5.97 Å². The molecule has 25 heavy (non-hydrogen) atoms. The van der Waals surface area contributed by atoms with Crippen molar-refractivity contribution < 1.29 is 23.1 Å². The maximum atomic E-state index is 13.5. The Morgan fingerprint density at radius 1 is 1.08 bits per heavy atom. The number of hydrogen-bond acceptors (Lipinski definition) is 3. The number of rotatable bonds is 5. The van der Waals surface area contributed by atoms with Gasteiger partial charge in [0.2, 0.25) is 0 Å². The normalized spacial score (nSPS) is 10.6. The lowest BCUT2D eigenvalue weighted by Crippen LogP contribution is -2.23. The molecule has 0 spiro atoms. The molecule has 2 rings (SSSR count). The van der Waals surface area contributed by atoms with Crippen molar-refractivity contribution in [3.63, 3.8) is 0 Å². The van der Waals surface area contributed by atoms with Crippen LogP contribution in [0.4, 0.5) is 14.5 Å². The molecule has 0 aromatic heterocycles. The average Bonchev–Trinajstić information content (AvgIpc) is 2.54. The topological polar surface area (TPSA) is 55.4 Å². The van der Waals surface area contributed by atoms with Crippen LogP contribution in [0.1, 0.15) is 41.3 Å². The molecule has 0 saturated heterocycles. The van der Waals surface area contributed by atoms with Gasteiger partial charge in [-0.15, -0.1) is 0 Å². The highest BCUT2D eigenvalue weighted by atomic mass is 19.1. The third-order valence-electron chi connectivity index (χ3n) is 3.69. The van der Waals surface area contributed by atoms with E-state index in [1.165, 1.54) is 0 Å². The van der Waals surface area contributed by atoms with Crippen molar-refractivity contribution in [2.24, 2.45) is 0 Å². The number of carbonyl (C=O) groups is 2. The number of carbonyl (C=O) groups excluding carboxylic acids is 2. The van der Waals surface area contributed by atoms with E-state index in [0.717, 1.165) is 29.3 Å². The number of nitrogens with one attached hydrogen (secondary N) is 1. The van der Waals surface area contributed by atoms with Crippen LogP contribution in [0.3, 0.4) is 0 Å². The molecule has 0 bridgehead atoms. The SMILES string of the molecule is Cc1cccc(C(C)C)c1NC(=O)COC(=O)c1c(F)cccc1F. The number of esters is 1. The number of amides is 1. The van der Waals surface area contributed by atoms with Gasteiger partial charge in [-0.1, -0.05) is 38.1 Å². The number of hydrogen-bond donors (Lipinski definition) is 1. The molecule has 4 nitrogen and oxygen atoms in total. The fourth-order valence-electron chi connectivity index (χ4n) is 2.41. The van der Waals surface area contributed by atoms with Crippen LogP contribution in [-0.4, -0.2) is 18.5 Å². The Morgan fingerprint density at radius 3 is 2.28 bits per heavy atom. The molecule has 0 radical (unpaired) electrons. The predicted molar refractivity (Wildman–Crippen MR) is 90.5 cm³/mol. The van der Waals surface area contributed by atoms with Crippen LogP contribution in [0.5, 0.6) is 0 Å². The third kappa shape index (κ3) is 4.41. The summed E-state index contributed by atoms with van der Waals surface area (Å²) in [5, 5.41) is 2.69. The third-order valence-corrected chi connectivity index (χ3v) is 3.69. The summed E-state index contributed by atoms with van der Waals surface area (Å²) >= 11 is 0. The fourth-order valence-corrected chi connectivity index (χ4v) is 2.41. The zero-order valence-corrected chi connectivity index (χ0v) is 14.2. The maximum Gasteiger partial charge on any atom is 0.344 e. The van der Waals surface area contributed by atoms with Gasteiger partial charge in [-0.05, 0) is 36.1 Å². The minimum absolute atomic E-state index is 0.185.